The molecule has 2 aromatic carbocycles. The van der Waals surface area contributed by atoms with Crippen LogP contribution in [0, 0.1) is 12.9 Å². The van der Waals surface area contributed by atoms with E-state index in [1.165, 1.54) is 42.1 Å². The Labute approximate surface area is 334 Å². The van der Waals surface area contributed by atoms with E-state index in [0.717, 1.165) is 17.8 Å². The van der Waals surface area contributed by atoms with Gasteiger partial charge in [-0.25, -0.2) is 14.8 Å². The average molecular weight is 831 g/mol. The van der Waals surface area contributed by atoms with Gasteiger partial charge in [0.05, 0.1) is 27.6 Å². The summed E-state index contributed by atoms with van der Waals surface area (Å²) in [6.07, 6.45) is -3.27. The second kappa shape index (κ2) is 18.8. The maximum Gasteiger partial charge on any atom is 0.408 e. The van der Waals surface area contributed by atoms with Crippen LogP contribution in [0.2, 0.25) is 5.02 Å². The van der Waals surface area contributed by atoms with Gasteiger partial charge in [-0.2, -0.15) is 22.7 Å². The van der Waals surface area contributed by atoms with E-state index in [9.17, 15) is 22.4 Å². The number of esters is 1. The molecule has 0 aliphatic heterocycles. The van der Waals surface area contributed by atoms with Gasteiger partial charge in [0.2, 0.25) is 12.0 Å². The number of aromatic nitrogens is 4. The highest BCUT2D eigenvalue weighted by Crippen LogP contribution is 2.49. The Morgan fingerprint density at radius 1 is 1.04 bits per heavy atom. The normalized spacial score (nSPS) is 12.2. The number of benzene rings is 2. The molecule has 1 atom stereocenters. The molecule has 302 valence electrons. The molecule has 0 saturated heterocycles. The summed E-state index contributed by atoms with van der Waals surface area (Å²) in [5.74, 6) is 0.334. The first-order chi connectivity index (χ1) is 27.5. The molecule has 57 heavy (non-hydrogen) atoms. The predicted molar refractivity (Wildman–Crippen MR) is 206 cm³/mol. The van der Waals surface area contributed by atoms with Crippen molar-refractivity contribution in [3.05, 3.63) is 95.0 Å². The number of nitrogens with one attached hydrogen (secondary N) is 2. The third-order valence-electron chi connectivity index (χ3n) is 8.65. The molecular weight excluding hydrogens is 792 g/mol. The van der Waals surface area contributed by atoms with Crippen molar-refractivity contribution < 1.29 is 45.7 Å². The van der Waals surface area contributed by atoms with Crippen LogP contribution in [0.5, 0.6) is 17.4 Å². The third kappa shape index (κ3) is 10.2. The van der Waals surface area contributed by atoms with Crippen molar-refractivity contribution in [1.29, 1.82) is 0 Å². The molecule has 0 aliphatic carbocycles. The van der Waals surface area contributed by atoms with Crippen LogP contribution < -0.4 is 24.8 Å². The Morgan fingerprint density at radius 3 is 2.61 bits per heavy atom. The lowest BCUT2D eigenvalue weighted by Gasteiger charge is -2.20. The minimum absolute atomic E-state index is 0.0283. The number of rotatable bonds is 19. The van der Waals surface area contributed by atoms with Gasteiger partial charge in [-0.1, -0.05) is 35.9 Å². The fourth-order valence-corrected chi connectivity index (χ4v) is 7.31. The minimum Gasteiger partial charge on any atom is -0.491 e. The van der Waals surface area contributed by atoms with Crippen LogP contribution in [-0.2, 0) is 29.1 Å². The van der Waals surface area contributed by atoms with Gasteiger partial charge in [-0.15, -0.1) is 11.3 Å². The Balaban J connectivity index is 1.35. The van der Waals surface area contributed by atoms with Crippen LogP contribution in [0.15, 0.2) is 71.5 Å². The molecular formula is C39H39ClF4N6O6S. The van der Waals surface area contributed by atoms with Crippen LogP contribution in [0.1, 0.15) is 23.7 Å². The van der Waals surface area contributed by atoms with Crippen molar-refractivity contribution in [2.24, 2.45) is 0 Å². The molecule has 4 aromatic heterocycles. The summed E-state index contributed by atoms with van der Waals surface area (Å²) < 4.78 is 83.8. The van der Waals surface area contributed by atoms with Gasteiger partial charge in [0, 0.05) is 43.9 Å². The van der Waals surface area contributed by atoms with Gasteiger partial charge in [-0.3, -0.25) is 4.68 Å². The van der Waals surface area contributed by atoms with Gasteiger partial charge < -0.3 is 34.0 Å². The number of likely N-dealkylation sites (N-methyl/N-ethyl adjacent to an activating group) is 1. The standard InChI is InChI=1S/C39H39ClF4N6O6S/c1-4-52-38(51)30(19-24-7-5-6-8-27(24)54-20-25-13-14-49-50(25)21-39(42,43)44)56-36-33-32(35(29-11-12-31(41)55-29)57-37(33)48-22-47-36)26-9-10-28(34(40)23(26)2)53-18-17-46-16-15-45-3/h5-14,22,30,45-46H,4,15-21H2,1-3H3/t30-/m1/s1. The molecule has 0 saturated carbocycles. The first-order valence-corrected chi connectivity index (χ1v) is 19.1. The number of para-hydroxylation sites is 1. The number of halogens is 5. The zero-order chi connectivity index (χ0) is 40.5. The smallest absolute Gasteiger partial charge is 0.408 e. The second-order valence-corrected chi connectivity index (χ2v) is 14.0. The maximum atomic E-state index is 14.3. The molecule has 0 spiro atoms. The van der Waals surface area contributed by atoms with Crippen molar-refractivity contribution >= 4 is 39.1 Å². The third-order valence-corrected chi connectivity index (χ3v) is 10.2. The highest BCUT2D eigenvalue weighted by Gasteiger charge is 2.31. The van der Waals surface area contributed by atoms with Crippen LogP contribution in [0.4, 0.5) is 17.6 Å². The first kappa shape index (κ1) is 41.4. The number of carbonyl (C=O) groups is 1. The van der Waals surface area contributed by atoms with Crippen LogP contribution in [-0.4, -0.2) is 77.9 Å². The number of carbonyl (C=O) groups excluding carboxylic acids is 1. The predicted octanol–water partition coefficient (Wildman–Crippen LogP) is 7.80. The van der Waals surface area contributed by atoms with E-state index >= 15 is 0 Å². The summed E-state index contributed by atoms with van der Waals surface area (Å²) in [4.78, 5) is 23.5. The fraction of sp³-hybridized carbons (Fsp3) is 0.333. The molecule has 0 amide bonds. The Morgan fingerprint density at radius 2 is 1.86 bits per heavy atom. The van der Waals surface area contributed by atoms with Gasteiger partial charge in [0.25, 0.3) is 6.01 Å². The summed E-state index contributed by atoms with van der Waals surface area (Å²) in [5, 5.41) is 10.9. The van der Waals surface area contributed by atoms with Crippen molar-refractivity contribution in [2.75, 3.05) is 39.9 Å². The van der Waals surface area contributed by atoms with E-state index in [2.05, 4.69) is 25.7 Å². The first-order valence-electron chi connectivity index (χ1n) is 17.9. The molecule has 0 aliphatic rings. The van der Waals surface area contributed by atoms with Crippen molar-refractivity contribution in [3.63, 3.8) is 0 Å². The minimum atomic E-state index is -4.47. The van der Waals surface area contributed by atoms with E-state index in [0.29, 0.717) is 67.0 Å². The number of alkyl halides is 3. The lowest BCUT2D eigenvalue weighted by atomic mass is 9.97. The zero-order valence-corrected chi connectivity index (χ0v) is 32.7. The summed E-state index contributed by atoms with van der Waals surface area (Å²) in [7, 11) is 1.87. The number of furan rings is 1. The molecule has 0 radical (unpaired) electrons. The van der Waals surface area contributed by atoms with E-state index in [4.69, 9.17) is 35.0 Å². The summed E-state index contributed by atoms with van der Waals surface area (Å²) in [6.45, 7) is 4.60. The van der Waals surface area contributed by atoms with Crippen molar-refractivity contribution in [3.8, 4) is 39.1 Å². The number of ether oxygens (including phenoxy) is 4. The quantitative estimate of drug-likeness (QED) is 0.0471. The number of fused-ring (bicyclic) bond motifs is 1. The molecule has 18 heteroatoms. The molecule has 0 unspecified atom stereocenters. The zero-order valence-electron chi connectivity index (χ0n) is 31.1. The summed E-state index contributed by atoms with van der Waals surface area (Å²) in [5.41, 5.74) is 2.52. The van der Waals surface area contributed by atoms with Crippen LogP contribution in [0.3, 0.4) is 0 Å². The van der Waals surface area contributed by atoms with Crippen molar-refractivity contribution in [1.82, 2.24) is 30.4 Å². The lowest BCUT2D eigenvalue weighted by molar-refractivity contribution is -0.151. The van der Waals surface area contributed by atoms with Crippen LogP contribution in [0.25, 0.3) is 32.0 Å². The lowest BCUT2D eigenvalue weighted by Crippen LogP contribution is -2.32. The Hall–Kier alpha value is -5.23. The largest absolute Gasteiger partial charge is 0.491 e. The molecule has 6 aromatic rings. The van der Waals surface area contributed by atoms with Gasteiger partial charge >= 0.3 is 12.1 Å². The van der Waals surface area contributed by atoms with E-state index in [1.807, 2.05) is 20.0 Å². The highest BCUT2D eigenvalue weighted by molar-refractivity contribution is 7.22. The average Bonchev–Trinajstić information content (AvgIpc) is 3.92. The highest BCUT2D eigenvalue weighted by atomic mass is 35.5. The molecule has 12 nitrogen and oxygen atoms in total. The number of thiophene rings is 1. The number of nitrogens with zero attached hydrogens (tertiary/aromatic N) is 4. The number of hydrogen-bond donors (Lipinski definition) is 2. The Kier molecular flexibility index (Phi) is 13.7. The van der Waals surface area contributed by atoms with Gasteiger partial charge in [0.15, 0.2) is 0 Å². The van der Waals surface area contributed by atoms with Gasteiger partial charge in [-0.05, 0) is 61.9 Å². The molecule has 4 heterocycles. The topological polar surface area (TPSA) is 135 Å². The van der Waals surface area contributed by atoms with Gasteiger partial charge in [0.1, 0.15) is 48.2 Å². The molecule has 0 fully saturated rings. The molecule has 6 rings (SSSR count). The Bertz CT molecular complexity index is 2300. The van der Waals surface area contributed by atoms with E-state index in [-0.39, 0.29) is 37.0 Å². The maximum absolute atomic E-state index is 14.3. The van der Waals surface area contributed by atoms with Crippen molar-refractivity contribution in [2.45, 2.75) is 45.7 Å². The summed E-state index contributed by atoms with van der Waals surface area (Å²) >= 11 is 8.12. The SMILES string of the molecule is CCOC(=O)[C@@H](Cc1ccccc1OCc1ccnn1CC(F)(F)F)Oc1ncnc2sc(-c3ccc(F)o3)c(-c3ccc(OCCNCCNC)c(Cl)c3C)c12. The number of hydrogen-bond acceptors (Lipinski definition) is 12. The molecule has 2 N–H and O–H groups in total. The second-order valence-electron chi connectivity index (χ2n) is 12.6. The van der Waals surface area contributed by atoms with E-state index < -0.39 is 30.8 Å². The molecule has 0 bridgehead atoms. The van der Waals surface area contributed by atoms with E-state index in [1.54, 1.807) is 37.3 Å². The monoisotopic (exact) mass is 830 g/mol. The fourth-order valence-electron chi connectivity index (χ4n) is 5.98. The van der Waals surface area contributed by atoms with Crippen LogP contribution >= 0.6 is 22.9 Å². The summed E-state index contributed by atoms with van der Waals surface area (Å²) in [6, 6.07) is 13.7.